The summed E-state index contributed by atoms with van der Waals surface area (Å²) in [6.07, 6.45) is 2.71. The van der Waals surface area contributed by atoms with Crippen molar-refractivity contribution in [2.45, 2.75) is 38.8 Å². The Morgan fingerprint density at radius 1 is 1.15 bits per heavy atom. The number of para-hydroxylation sites is 1. The Kier molecular flexibility index (Phi) is 2.61. The van der Waals surface area contributed by atoms with Crippen molar-refractivity contribution >= 4 is 21.8 Å². The summed E-state index contributed by atoms with van der Waals surface area (Å²) in [4.78, 5) is 0. The highest BCUT2D eigenvalue weighted by atomic mass is 16.3. The van der Waals surface area contributed by atoms with Crippen LogP contribution in [0.25, 0.3) is 21.8 Å². The molecule has 1 unspecified atom stereocenters. The molecule has 1 aliphatic rings. The van der Waals surface area contributed by atoms with Crippen LogP contribution in [-0.2, 0) is 13.0 Å². The summed E-state index contributed by atoms with van der Waals surface area (Å²) >= 11 is 0. The molecule has 102 valence electrons. The van der Waals surface area contributed by atoms with Crippen LogP contribution in [0.5, 0.6) is 0 Å². The molecule has 0 aliphatic heterocycles. The lowest BCUT2D eigenvalue weighted by atomic mass is 10.0. The van der Waals surface area contributed by atoms with Gasteiger partial charge in [-0.3, -0.25) is 0 Å². The van der Waals surface area contributed by atoms with E-state index in [2.05, 4.69) is 47.9 Å². The van der Waals surface area contributed by atoms with E-state index in [1.807, 2.05) is 0 Å². The molecule has 0 fully saturated rings. The van der Waals surface area contributed by atoms with Crippen molar-refractivity contribution in [2.75, 3.05) is 0 Å². The molecule has 1 heterocycles. The number of hydrogen-bond acceptors (Lipinski definition) is 1. The minimum Gasteiger partial charge on any atom is -0.388 e. The minimum absolute atomic E-state index is 0.275. The molecule has 20 heavy (non-hydrogen) atoms. The van der Waals surface area contributed by atoms with Crippen LogP contribution in [0, 0.1) is 0 Å². The molecule has 0 saturated carbocycles. The maximum atomic E-state index is 10.1. The zero-order valence-corrected chi connectivity index (χ0v) is 11.8. The van der Waals surface area contributed by atoms with Gasteiger partial charge >= 0.3 is 0 Å². The second-order valence-corrected chi connectivity index (χ2v) is 5.75. The first-order valence-corrected chi connectivity index (χ1v) is 7.52. The lowest BCUT2D eigenvalue weighted by Gasteiger charge is -2.07. The molecule has 4 rings (SSSR count). The smallest absolute Gasteiger partial charge is 0.0796 e. The Hall–Kier alpha value is -1.80. The lowest BCUT2D eigenvalue weighted by Crippen LogP contribution is -1.96. The maximum absolute atomic E-state index is 10.1. The molecular formula is C18H19NO. The van der Waals surface area contributed by atoms with Gasteiger partial charge in [-0.15, -0.1) is 0 Å². The molecule has 0 bridgehead atoms. The first-order chi connectivity index (χ1) is 9.81. The predicted molar refractivity (Wildman–Crippen MR) is 83.0 cm³/mol. The first kappa shape index (κ1) is 12.0. The van der Waals surface area contributed by atoms with Gasteiger partial charge in [-0.2, -0.15) is 0 Å². The third kappa shape index (κ3) is 1.49. The lowest BCUT2D eigenvalue weighted by molar-refractivity contribution is 0.180. The van der Waals surface area contributed by atoms with Gasteiger partial charge in [0.25, 0.3) is 0 Å². The van der Waals surface area contributed by atoms with Crippen LogP contribution in [0.1, 0.15) is 37.0 Å². The molecule has 1 aromatic heterocycles. The van der Waals surface area contributed by atoms with Gasteiger partial charge in [0.1, 0.15) is 0 Å². The van der Waals surface area contributed by atoms with Crippen molar-refractivity contribution in [3.8, 4) is 0 Å². The average Bonchev–Trinajstić information content (AvgIpc) is 3.00. The van der Waals surface area contributed by atoms with Crippen molar-refractivity contribution in [3.63, 3.8) is 0 Å². The summed E-state index contributed by atoms with van der Waals surface area (Å²) in [6.45, 7) is 3.27. The molecule has 0 spiro atoms. The molecule has 2 nitrogen and oxygen atoms in total. The standard InChI is InChI=1S/C18H19NO/c1-2-11-19-15-6-4-3-5-14(15)18-13-8-10-17(20)12(13)7-9-16(18)19/h3-7,9,17,20H,2,8,10-11H2,1H3. The second-order valence-electron chi connectivity index (χ2n) is 5.75. The highest BCUT2D eigenvalue weighted by molar-refractivity contribution is 6.10. The summed E-state index contributed by atoms with van der Waals surface area (Å²) in [5.41, 5.74) is 5.14. The van der Waals surface area contributed by atoms with Crippen molar-refractivity contribution < 1.29 is 5.11 Å². The Balaban J connectivity index is 2.17. The Labute approximate surface area is 118 Å². The fraction of sp³-hybridized carbons (Fsp3) is 0.333. The summed E-state index contributed by atoms with van der Waals surface area (Å²) in [5.74, 6) is 0. The number of benzene rings is 2. The van der Waals surface area contributed by atoms with Crippen molar-refractivity contribution in [2.24, 2.45) is 0 Å². The highest BCUT2D eigenvalue weighted by Gasteiger charge is 2.24. The zero-order chi connectivity index (χ0) is 13.7. The molecule has 2 aromatic carbocycles. The largest absolute Gasteiger partial charge is 0.388 e. The van der Waals surface area contributed by atoms with Crippen LogP contribution in [0.3, 0.4) is 0 Å². The van der Waals surface area contributed by atoms with Crippen LogP contribution < -0.4 is 0 Å². The van der Waals surface area contributed by atoms with E-state index in [0.717, 1.165) is 31.4 Å². The van der Waals surface area contributed by atoms with Crippen LogP contribution in [0.2, 0.25) is 0 Å². The first-order valence-electron chi connectivity index (χ1n) is 7.52. The van der Waals surface area contributed by atoms with Crippen molar-refractivity contribution in [1.29, 1.82) is 0 Å². The molecule has 0 amide bonds. The Morgan fingerprint density at radius 3 is 2.85 bits per heavy atom. The van der Waals surface area contributed by atoms with E-state index < -0.39 is 0 Å². The van der Waals surface area contributed by atoms with E-state index >= 15 is 0 Å². The Bertz CT molecular complexity index is 800. The quantitative estimate of drug-likeness (QED) is 0.738. The third-order valence-electron chi connectivity index (χ3n) is 4.56. The normalized spacial score (nSPS) is 18.0. The minimum atomic E-state index is -0.275. The molecule has 1 N–H and O–H groups in total. The molecule has 0 radical (unpaired) electrons. The van der Waals surface area contributed by atoms with Crippen molar-refractivity contribution in [3.05, 3.63) is 47.5 Å². The number of aliphatic hydroxyl groups excluding tert-OH is 1. The Morgan fingerprint density at radius 2 is 2.00 bits per heavy atom. The average molecular weight is 265 g/mol. The van der Waals surface area contributed by atoms with E-state index in [1.165, 1.54) is 27.4 Å². The number of aryl methyl sites for hydroxylation is 2. The monoisotopic (exact) mass is 265 g/mol. The molecule has 1 atom stereocenters. The number of aromatic nitrogens is 1. The molecule has 1 aliphatic carbocycles. The fourth-order valence-corrected chi connectivity index (χ4v) is 3.71. The molecular weight excluding hydrogens is 246 g/mol. The van der Waals surface area contributed by atoms with Crippen molar-refractivity contribution in [1.82, 2.24) is 4.57 Å². The summed E-state index contributed by atoms with van der Waals surface area (Å²) in [5, 5.41) is 12.8. The van der Waals surface area contributed by atoms with Gasteiger partial charge in [-0.05, 0) is 42.5 Å². The van der Waals surface area contributed by atoms with E-state index in [9.17, 15) is 5.11 Å². The molecule has 3 aromatic rings. The van der Waals surface area contributed by atoms with Gasteiger partial charge in [0.15, 0.2) is 0 Å². The summed E-state index contributed by atoms with van der Waals surface area (Å²) in [6, 6.07) is 13.0. The number of hydrogen-bond donors (Lipinski definition) is 1. The topological polar surface area (TPSA) is 25.2 Å². The van der Waals surface area contributed by atoms with E-state index in [4.69, 9.17) is 0 Å². The summed E-state index contributed by atoms with van der Waals surface area (Å²) in [7, 11) is 0. The van der Waals surface area contributed by atoms with Crippen LogP contribution >= 0.6 is 0 Å². The van der Waals surface area contributed by atoms with E-state index in [1.54, 1.807) is 0 Å². The number of rotatable bonds is 2. The predicted octanol–water partition coefficient (Wildman–Crippen LogP) is 4.18. The third-order valence-corrected chi connectivity index (χ3v) is 4.56. The van der Waals surface area contributed by atoms with Gasteiger partial charge in [0.05, 0.1) is 6.10 Å². The van der Waals surface area contributed by atoms with E-state index in [0.29, 0.717) is 0 Å². The zero-order valence-electron chi connectivity index (χ0n) is 11.8. The molecule has 2 heteroatoms. The second kappa shape index (κ2) is 4.35. The van der Waals surface area contributed by atoms with Gasteiger partial charge in [0, 0.05) is 28.4 Å². The van der Waals surface area contributed by atoms with Crippen LogP contribution in [-0.4, -0.2) is 9.67 Å². The SMILES string of the molecule is CCCn1c2ccccc2c2c3c(ccc21)C(O)CC3. The van der Waals surface area contributed by atoms with Gasteiger partial charge in [-0.1, -0.05) is 31.2 Å². The van der Waals surface area contributed by atoms with Gasteiger partial charge < -0.3 is 9.67 Å². The van der Waals surface area contributed by atoms with Gasteiger partial charge in [0.2, 0.25) is 0 Å². The van der Waals surface area contributed by atoms with Crippen LogP contribution in [0.4, 0.5) is 0 Å². The molecule has 0 saturated heterocycles. The number of fused-ring (bicyclic) bond motifs is 5. The van der Waals surface area contributed by atoms with E-state index in [-0.39, 0.29) is 6.10 Å². The summed E-state index contributed by atoms with van der Waals surface area (Å²) < 4.78 is 2.43. The number of nitrogens with zero attached hydrogens (tertiary/aromatic N) is 1. The van der Waals surface area contributed by atoms with Gasteiger partial charge in [-0.25, -0.2) is 0 Å². The fourth-order valence-electron chi connectivity index (χ4n) is 3.71. The van der Waals surface area contributed by atoms with Crippen LogP contribution in [0.15, 0.2) is 36.4 Å². The highest BCUT2D eigenvalue weighted by Crippen LogP contribution is 2.40. The maximum Gasteiger partial charge on any atom is 0.0796 e. The number of aliphatic hydroxyl groups is 1.